The van der Waals surface area contributed by atoms with Crippen molar-refractivity contribution in [3.05, 3.63) is 65.5 Å². The first kappa shape index (κ1) is 38.7. The second-order valence-electron chi connectivity index (χ2n) is 9.40. The predicted octanol–water partition coefficient (Wildman–Crippen LogP) is 7.20. The highest BCUT2D eigenvalue weighted by molar-refractivity contribution is 6.11. The number of fused-ring (bicyclic) bond motifs is 1. The van der Waals surface area contributed by atoms with Crippen LogP contribution in [0.25, 0.3) is 16.6 Å². The Morgan fingerprint density at radius 1 is 1.24 bits per heavy atom. The van der Waals surface area contributed by atoms with Gasteiger partial charge in [-0.2, -0.15) is 18.4 Å². The van der Waals surface area contributed by atoms with Gasteiger partial charge in [0.25, 0.3) is 0 Å². The van der Waals surface area contributed by atoms with Crippen LogP contribution < -0.4 is 15.8 Å². The number of piperidine rings is 1. The van der Waals surface area contributed by atoms with E-state index in [1.807, 2.05) is 19.9 Å². The average molecular weight is 633 g/mol. The highest BCUT2D eigenvalue weighted by Gasteiger charge is 2.33. The maximum Gasteiger partial charge on any atom is 0.433 e. The van der Waals surface area contributed by atoms with Crippen molar-refractivity contribution in [2.45, 2.75) is 78.7 Å². The zero-order chi connectivity index (χ0) is 33.7. The van der Waals surface area contributed by atoms with Crippen LogP contribution >= 0.6 is 0 Å². The molecule has 45 heavy (non-hydrogen) atoms. The smallest absolute Gasteiger partial charge is 0.433 e. The van der Waals surface area contributed by atoms with E-state index in [9.17, 15) is 13.2 Å². The summed E-state index contributed by atoms with van der Waals surface area (Å²) in [5, 5.41) is 18.5. The zero-order valence-electron chi connectivity index (χ0n) is 26.7. The lowest BCUT2D eigenvalue weighted by molar-refractivity contribution is -0.141. The molecule has 248 valence electrons. The Labute approximate surface area is 265 Å². The molecular formula is C32H47F3N8O2. The number of nitrogens with two attached hydrogens (primary N) is 1. The third-order valence-corrected chi connectivity index (χ3v) is 6.35. The highest BCUT2D eigenvalue weighted by Crippen LogP contribution is 2.30. The number of nitriles is 1. The summed E-state index contributed by atoms with van der Waals surface area (Å²) in [4.78, 5) is 14.7. The molecule has 0 unspecified atom stereocenters. The van der Waals surface area contributed by atoms with Crippen LogP contribution in [-0.2, 0) is 17.5 Å². The normalized spacial score (nSPS) is 14.2. The van der Waals surface area contributed by atoms with Crippen molar-refractivity contribution in [1.29, 1.82) is 10.7 Å². The van der Waals surface area contributed by atoms with Crippen LogP contribution in [0.2, 0.25) is 0 Å². The van der Waals surface area contributed by atoms with E-state index in [0.29, 0.717) is 16.8 Å². The Hall–Kier alpha value is -4.28. The van der Waals surface area contributed by atoms with Gasteiger partial charge in [0.1, 0.15) is 23.8 Å². The average Bonchev–Trinajstić information content (AvgIpc) is 3.50. The molecule has 1 aliphatic heterocycles. The van der Waals surface area contributed by atoms with Crippen LogP contribution in [0, 0.1) is 16.7 Å². The highest BCUT2D eigenvalue weighted by atomic mass is 19.4. The second-order valence-corrected chi connectivity index (χ2v) is 9.40. The standard InChI is InChI=1S/C13H17F3N2O2.C9H9N5.C6H10.C2H3N.C2H6.H2/c1-19-8-9-6-11(13(14,15)16)18-12(7-9)20-10-2-4-17-5-3-10;10-3-6(4-11)8-7-1-2-12-9(7)14-5-13-8;1-2-6-4-3-5-6;1-2-3;1-2;/h6-7,10,17H,2-5,8H2,1H3;1-5,10H,11H2,(H,12,13,14);4H,2-3,5H2,1H3;1H3;1-2H3;1H/b;6-4+,10-3?;;;;. The molecule has 1 aliphatic carbocycles. The summed E-state index contributed by atoms with van der Waals surface area (Å²) in [7, 11) is 1.43. The summed E-state index contributed by atoms with van der Waals surface area (Å²) in [5.41, 5.74) is 8.49. The number of aromatic amines is 1. The van der Waals surface area contributed by atoms with Crippen molar-refractivity contribution in [3.8, 4) is 11.9 Å². The molecule has 0 aromatic carbocycles. The number of halogens is 3. The molecule has 1 saturated heterocycles. The van der Waals surface area contributed by atoms with Gasteiger partial charge in [0.05, 0.1) is 18.4 Å². The predicted molar refractivity (Wildman–Crippen MR) is 174 cm³/mol. The molecular weight excluding hydrogens is 585 g/mol. The van der Waals surface area contributed by atoms with E-state index in [-0.39, 0.29) is 20.0 Å². The molecule has 5 N–H and O–H groups in total. The first-order valence-electron chi connectivity index (χ1n) is 14.8. The Morgan fingerprint density at radius 2 is 1.91 bits per heavy atom. The minimum absolute atomic E-state index is 0. The zero-order valence-corrected chi connectivity index (χ0v) is 26.7. The third-order valence-electron chi connectivity index (χ3n) is 6.35. The Balaban J connectivity index is 0.000000673. The Morgan fingerprint density at radius 3 is 2.40 bits per heavy atom. The molecule has 5 rings (SSSR count). The topological polar surface area (TPSA) is 159 Å². The van der Waals surface area contributed by atoms with Crippen LogP contribution in [-0.4, -0.2) is 52.5 Å². The quantitative estimate of drug-likeness (QED) is 0.157. The number of pyridine rings is 1. The molecule has 4 heterocycles. The van der Waals surface area contributed by atoms with E-state index in [1.165, 1.54) is 58.1 Å². The number of rotatable bonds is 7. The minimum atomic E-state index is -4.49. The summed E-state index contributed by atoms with van der Waals surface area (Å²) in [6.07, 6.45) is 9.01. The van der Waals surface area contributed by atoms with Crippen molar-refractivity contribution >= 4 is 22.8 Å². The van der Waals surface area contributed by atoms with Crippen molar-refractivity contribution < 1.29 is 24.1 Å². The minimum Gasteiger partial charge on any atom is -0.474 e. The van der Waals surface area contributed by atoms with E-state index >= 15 is 0 Å². The van der Waals surface area contributed by atoms with Crippen LogP contribution in [0.1, 0.15) is 78.2 Å². The van der Waals surface area contributed by atoms with Crippen LogP contribution in [0.3, 0.4) is 0 Å². The summed E-state index contributed by atoms with van der Waals surface area (Å²) in [5.74, 6) is 0.0128. The van der Waals surface area contributed by atoms with Crippen LogP contribution in [0.4, 0.5) is 13.2 Å². The number of nitrogens with one attached hydrogen (secondary N) is 3. The number of alkyl halides is 3. The molecule has 10 nitrogen and oxygen atoms in total. The summed E-state index contributed by atoms with van der Waals surface area (Å²) < 4.78 is 48.8. The second kappa shape index (κ2) is 21.4. The van der Waals surface area contributed by atoms with Gasteiger partial charge in [-0.15, -0.1) is 0 Å². The Kier molecular flexibility index (Phi) is 18.4. The maximum absolute atomic E-state index is 12.8. The van der Waals surface area contributed by atoms with E-state index < -0.39 is 11.9 Å². The summed E-state index contributed by atoms with van der Waals surface area (Å²) in [6.45, 7) is 9.34. The molecule has 1 fully saturated rings. The molecule has 13 heteroatoms. The first-order valence-corrected chi connectivity index (χ1v) is 14.8. The number of hydrogen-bond donors (Lipinski definition) is 4. The van der Waals surface area contributed by atoms with Gasteiger partial charge in [0.2, 0.25) is 5.88 Å². The molecule has 0 amide bonds. The number of methoxy groups -OCH3 is 1. The molecule has 0 spiro atoms. The van der Waals surface area contributed by atoms with E-state index in [0.717, 1.165) is 43.0 Å². The van der Waals surface area contributed by atoms with Crippen LogP contribution in [0.15, 0.2) is 48.6 Å². The van der Waals surface area contributed by atoms with Gasteiger partial charge in [0.15, 0.2) is 0 Å². The van der Waals surface area contributed by atoms with E-state index in [2.05, 4.69) is 38.3 Å². The number of H-pyrrole nitrogens is 1. The van der Waals surface area contributed by atoms with E-state index in [1.54, 1.807) is 17.8 Å². The van der Waals surface area contributed by atoms with Gasteiger partial charge in [0, 0.05) is 51.1 Å². The maximum atomic E-state index is 12.8. The SMILES string of the molecule is CC.CC#N.CCC1=CCC1.COCc1cc(OC2CCNCC2)nc(C(F)(F)F)c1.N=C/C(=C\N)c1ncnc2[nH]ccc12.[HH]. The van der Waals surface area contributed by atoms with Gasteiger partial charge in [-0.1, -0.05) is 32.4 Å². The third kappa shape index (κ3) is 13.5. The van der Waals surface area contributed by atoms with Crippen molar-refractivity contribution in [3.63, 3.8) is 0 Å². The number of nitrogens with zero attached hydrogens (tertiary/aromatic N) is 4. The lowest BCUT2D eigenvalue weighted by atomic mass is 9.97. The van der Waals surface area contributed by atoms with Gasteiger partial charge in [-0.3, -0.25) is 0 Å². The summed E-state index contributed by atoms with van der Waals surface area (Å²) >= 11 is 0. The van der Waals surface area contributed by atoms with Gasteiger partial charge in [-0.25, -0.2) is 15.0 Å². The molecule has 3 aromatic heterocycles. The number of allylic oxidation sites excluding steroid dienone is 3. The van der Waals surface area contributed by atoms with Crippen molar-refractivity contribution in [1.82, 2.24) is 25.3 Å². The molecule has 3 aromatic rings. The Bertz CT molecular complexity index is 1400. The lowest BCUT2D eigenvalue weighted by Gasteiger charge is -2.23. The molecule has 0 saturated carbocycles. The largest absolute Gasteiger partial charge is 0.474 e. The monoisotopic (exact) mass is 632 g/mol. The number of hydrogen-bond acceptors (Lipinski definition) is 9. The van der Waals surface area contributed by atoms with Crippen molar-refractivity contribution in [2.24, 2.45) is 5.73 Å². The van der Waals surface area contributed by atoms with E-state index in [4.69, 9.17) is 25.9 Å². The summed E-state index contributed by atoms with van der Waals surface area (Å²) in [6, 6.07) is 6.09. The fourth-order valence-electron chi connectivity index (χ4n) is 4.07. The van der Waals surface area contributed by atoms with Gasteiger partial charge >= 0.3 is 6.18 Å². The lowest BCUT2D eigenvalue weighted by Crippen LogP contribution is -2.34. The first-order chi connectivity index (χ1) is 21.7. The molecule has 0 bridgehead atoms. The van der Waals surface area contributed by atoms with Gasteiger partial charge < -0.3 is 30.9 Å². The number of aromatic nitrogens is 4. The molecule has 0 radical (unpaired) electrons. The molecule has 2 aliphatic rings. The number of ether oxygens (including phenoxy) is 2. The van der Waals surface area contributed by atoms with Crippen LogP contribution in [0.5, 0.6) is 5.88 Å². The fraction of sp³-hybridized carbons (Fsp3) is 0.469. The van der Waals surface area contributed by atoms with Crippen molar-refractivity contribution in [2.75, 3.05) is 20.2 Å². The van der Waals surface area contributed by atoms with Gasteiger partial charge in [-0.05, 0) is 62.9 Å². The fourth-order valence-corrected chi connectivity index (χ4v) is 4.07. The molecule has 0 atom stereocenters.